The minimum atomic E-state index is -0.444. The van der Waals surface area contributed by atoms with E-state index in [0.717, 1.165) is 11.4 Å². The van der Waals surface area contributed by atoms with Gasteiger partial charge in [0.15, 0.2) is 17.1 Å². The predicted molar refractivity (Wildman–Crippen MR) is 112 cm³/mol. The highest BCUT2D eigenvalue weighted by molar-refractivity contribution is 5.94. The number of nitrogens with one attached hydrogen (secondary N) is 2. The molecule has 0 saturated heterocycles. The number of aryl methyl sites for hydroxylation is 1. The molecule has 0 radical (unpaired) electrons. The molecule has 0 aliphatic carbocycles. The largest absolute Gasteiger partial charge is 0.321 e. The molecule has 6 rings (SSSR count). The van der Waals surface area contributed by atoms with Gasteiger partial charge in [-0.15, -0.1) is 0 Å². The van der Waals surface area contributed by atoms with Crippen LogP contribution in [0, 0.1) is 12.7 Å². The average Bonchev–Trinajstić information content (AvgIpc) is 3.52. The number of hydrogen-bond acceptors (Lipinski definition) is 6. The number of nitrogens with zero attached hydrogens (tertiary/aromatic N) is 7. The van der Waals surface area contributed by atoms with Gasteiger partial charge in [0.05, 0.1) is 23.1 Å². The number of pyridine rings is 3. The number of hydrogen-bond donors (Lipinski definition) is 2. The number of rotatable bonds is 3. The first-order chi connectivity index (χ1) is 15.2. The number of imidazole rings is 2. The molecule has 0 unspecified atom stereocenters. The van der Waals surface area contributed by atoms with E-state index in [4.69, 9.17) is 0 Å². The van der Waals surface area contributed by atoms with Gasteiger partial charge in [0.1, 0.15) is 17.0 Å². The summed E-state index contributed by atoms with van der Waals surface area (Å²) >= 11 is 0. The number of H-pyrrole nitrogens is 2. The van der Waals surface area contributed by atoms with Crippen molar-refractivity contribution in [1.29, 1.82) is 0 Å². The highest BCUT2D eigenvalue weighted by Crippen LogP contribution is 2.32. The van der Waals surface area contributed by atoms with Crippen LogP contribution in [0.3, 0.4) is 0 Å². The molecule has 0 spiro atoms. The monoisotopic (exact) mass is 411 g/mol. The van der Waals surface area contributed by atoms with Crippen LogP contribution in [0.15, 0.2) is 55.5 Å². The van der Waals surface area contributed by atoms with E-state index in [1.807, 2.05) is 23.8 Å². The lowest BCUT2D eigenvalue weighted by atomic mass is 10.1. The Hall–Kier alpha value is -4.47. The minimum Gasteiger partial charge on any atom is -0.321 e. The van der Waals surface area contributed by atoms with Crippen LogP contribution < -0.4 is 0 Å². The third kappa shape index (κ3) is 2.69. The second-order valence-corrected chi connectivity index (χ2v) is 7.06. The van der Waals surface area contributed by atoms with Gasteiger partial charge >= 0.3 is 0 Å². The Morgan fingerprint density at radius 1 is 1.03 bits per heavy atom. The maximum Gasteiger partial charge on any atom is 0.161 e. The van der Waals surface area contributed by atoms with Crippen LogP contribution in [0.1, 0.15) is 5.69 Å². The summed E-state index contributed by atoms with van der Waals surface area (Å²) in [7, 11) is 0. The second-order valence-electron chi connectivity index (χ2n) is 7.06. The standard InChI is InChI=1S/C21H14FN9/c1-11-9-31(10-26-11)14-4-6-24-20-17(14)27-21(28-20)18-15-16(22)13(8-25-19(15)30-29-18)12-3-2-5-23-7-12/h2-10H,1H3,(H,24,27,28)(H,25,29,30). The molecule has 6 aromatic heterocycles. The van der Waals surface area contributed by atoms with Crippen LogP contribution in [0.25, 0.3) is 50.5 Å². The van der Waals surface area contributed by atoms with Gasteiger partial charge in [-0.05, 0) is 19.1 Å². The van der Waals surface area contributed by atoms with Crippen LogP contribution in [-0.2, 0) is 0 Å². The Morgan fingerprint density at radius 2 is 1.97 bits per heavy atom. The Kier molecular flexibility index (Phi) is 3.66. The van der Waals surface area contributed by atoms with Gasteiger partial charge in [-0.1, -0.05) is 6.07 Å². The van der Waals surface area contributed by atoms with Gasteiger partial charge < -0.3 is 9.55 Å². The molecule has 0 amide bonds. The van der Waals surface area contributed by atoms with Crippen molar-refractivity contribution in [3.05, 3.63) is 67.0 Å². The highest BCUT2D eigenvalue weighted by atomic mass is 19.1. The molecule has 150 valence electrons. The van der Waals surface area contributed by atoms with E-state index >= 15 is 4.39 Å². The fraction of sp³-hybridized carbons (Fsp3) is 0.0476. The Bertz CT molecular complexity index is 1560. The molecule has 0 saturated carbocycles. The Labute approximate surface area is 174 Å². The van der Waals surface area contributed by atoms with Crippen LogP contribution >= 0.6 is 0 Å². The fourth-order valence-electron chi connectivity index (χ4n) is 3.62. The molecule has 31 heavy (non-hydrogen) atoms. The second kappa shape index (κ2) is 6.52. The van der Waals surface area contributed by atoms with Crippen LogP contribution in [0.4, 0.5) is 4.39 Å². The lowest BCUT2D eigenvalue weighted by Gasteiger charge is -2.03. The highest BCUT2D eigenvalue weighted by Gasteiger charge is 2.21. The van der Waals surface area contributed by atoms with E-state index in [0.29, 0.717) is 39.5 Å². The summed E-state index contributed by atoms with van der Waals surface area (Å²) in [5, 5.41) is 7.32. The van der Waals surface area contributed by atoms with Crippen molar-refractivity contribution < 1.29 is 4.39 Å². The van der Waals surface area contributed by atoms with Gasteiger partial charge in [-0.3, -0.25) is 10.1 Å². The number of aromatic nitrogens is 9. The van der Waals surface area contributed by atoms with Gasteiger partial charge in [0.2, 0.25) is 0 Å². The first kappa shape index (κ1) is 17.4. The molecule has 0 aliphatic rings. The van der Waals surface area contributed by atoms with Crippen molar-refractivity contribution in [1.82, 2.24) is 44.7 Å². The topological polar surface area (TPSA) is 114 Å². The van der Waals surface area contributed by atoms with E-state index in [1.54, 1.807) is 37.1 Å². The zero-order valence-electron chi connectivity index (χ0n) is 16.2. The average molecular weight is 411 g/mol. The van der Waals surface area contributed by atoms with Crippen LogP contribution in [-0.4, -0.2) is 44.7 Å². The SMILES string of the molecule is Cc1cn(-c2ccnc3[nH]c(-c4n[nH]c5ncc(-c6cccnc6)c(F)c45)nc23)cn1. The van der Waals surface area contributed by atoms with Gasteiger partial charge in [-0.2, -0.15) is 5.10 Å². The molecule has 6 heterocycles. The van der Waals surface area contributed by atoms with Crippen LogP contribution in [0.5, 0.6) is 0 Å². The summed E-state index contributed by atoms with van der Waals surface area (Å²) in [6, 6.07) is 5.38. The molecular formula is C21H14FN9. The number of fused-ring (bicyclic) bond motifs is 2. The Morgan fingerprint density at radius 3 is 2.77 bits per heavy atom. The zero-order chi connectivity index (χ0) is 20.9. The van der Waals surface area contributed by atoms with Gasteiger partial charge in [0.25, 0.3) is 0 Å². The maximum absolute atomic E-state index is 15.5. The third-order valence-electron chi connectivity index (χ3n) is 5.08. The molecule has 0 aromatic carbocycles. The van der Waals surface area contributed by atoms with E-state index in [-0.39, 0.29) is 5.39 Å². The quantitative estimate of drug-likeness (QED) is 0.460. The summed E-state index contributed by atoms with van der Waals surface area (Å²) in [4.78, 5) is 24.9. The van der Waals surface area contributed by atoms with Crippen molar-refractivity contribution in [2.75, 3.05) is 0 Å². The first-order valence-corrected chi connectivity index (χ1v) is 9.48. The molecule has 0 atom stereocenters. The Balaban J connectivity index is 1.56. The molecule has 9 nitrogen and oxygen atoms in total. The lowest BCUT2D eigenvalue weighted by Crippen LogP contribution is -1.92. The summed E-state index contributed by atoms with van der Waals surface area (Å²) in [5.41, 5.74) is 4.51. The van der Waals surface area contributed by atoms with E-state index in [9.17, 15) is 0 Å². The van der Waals surface area contributed by atoms with E-state index in [2.05, 4.69) is 40.1 Å². The van der Waals surface area contributed by atoms with E-state index < -0.39 is 5.82 Å². The van der Waals surface area contributed by atoms with Crippen molar-refractivity contribution in [3.63, 3.8) is 0 Å². The van der Waals surface area contributed by atoms with Gasteiger partial charge in [0, 0.05) is 42.1 Å². The van der Waals surface area contributed by atoms with Crippen molar-refractivity contribution in [3.8, 4) is 28.3 Å². The number of aromatic amines is 2. The first-order valence-electron chi connectivity index (χ1n) is 9.48. The fourth-order valence-corrected chi connectivity index (χ4v) is 3.62. The minimum absolute atomic E-state index is 0.250. The van der Waals surface area contributed by atoms with Gasteiger partial charge in [-0.25, -0.2) is 24.3 Å². The summed E-state index contributed by atoms with van der Waals surface area (Å²) in [6.45, 7) is 1.91. The van der Waals surface area contributed by atoms with Crippen LogP contribution in [0.2, 0.25) is 0 Å². The third-order valence-corrected chi connectivity index (χ3v) is 5.08. The molecule has 10 heteroatoms. The zero-order valence-corrected chi connectivity index (χ0v) is 16.2. The summed E-state index contributed by atoms with van der Waals surface area (Å²) in [6.07, 6.45) is 9.99. The van der Waals surface area contributed by atoms with Crippen molar-refractivity contribution in [2.45, 2.75) is 6.92 Å². The smallest absolute Gasteiger partial charge is 0.161 e. The lowest BCUT2D eigenvalue weighted by molar-refractivity contribution is 0.642. The maximum atomic E-state index is 15.5. The predicted octanol–water partition coefficient (Wildman–Crippen LogP) is 3.59. The molecule has 2 N–H and O–H groups in total. The van der Waals surface area contributed by atoms with E-state index in [1.165, 1.54) is 6.20 Å². The molecular weight excluding hydrogens is 397 g/mol. The van der Waals surface area contributed by atoms with Crippen molar-refractivity contribution in [2.24, 2.45) is 0 Å². The summed E-state index contributed by atoms with van der Waals surface area (Å²) in [5.74, 6) is -0.0531. The normalized spacial score (nSPS) is 11.5. The van der Waals surface area contributed by atoms with Crippen molar-refractivity contribution >= 4 is 22.2 Å². The number of halogens is 1. The molecule has 6 aromatic rings. The molecule has 0 fully saturated rings. The summed E-state index contributed by atoms with van der Waals surface area (Å²) < 4.78 is 17.4. The molecule has 0 aliphatic heterocycles. The molecule has 0 bridgehead atoms.